The summed E-state index contributed by atoms with van der Waals surface area (Å²) in [5, 5.41) is 13.0. The van der Waals surface area contributed by atoms with E-state index in [1.165, 1.54) is 11.3 Å². The highest BCUT2D eigenvalue weighted by atomic mass is 32.1. The van der Waals surface area contributed by atoms with Gasteiger partial charge in [-0.15, -0.1) is 10.2 Å². The van der Waals surface area contributed by atoms with Crippen molar-refractivity contribution in [2.24, 2.45) is 5.92 Å². The monoisotopic (exact) mass is 351 g/mol. The van der Waals surface area contributed by atoms with Crippen molar-refractivity contribution in [3.05, 3.63) is 0 Å². The summed E-state index contributed by atoms with van der Waals surface area (Å²) in [4.78, 5) is 28.0. The summed E-state index contributed by atoms with van der Waals surface area (Å²) in [6.07, 6.45) is 5.48. The number of rotatable bonds is 6. The van der Waals surface area contributed by atoms with Crippen molar-refractivity contribution >= 4 is 33.4 Å². The third kappa shape index (κ3) is 3.85. The molecule has 24 heavy (non-hydrogen) atoms. The van der Waals surface area contributed by atoms with Gasteiger partial charge in [-0.05, 0) is 25.7 Å². The lowest BCUT2D eigenvalue weighted by Crippen LogP contribution is -2.43. The van der Waals surface area contributed by atoms with Crippen molar-refractivity contribution in [1.29, 1.82) is 0 Å². The minimum Gasteiger partial charge on any atom is -0.356 e. The van der Waals surface area contributed by atoms with Crippen molar-refractivity contribution in [2.45, 2.75) is 45.4 Å². The fourth-order valence-corrected chi connectivity index (χ4v) is 4.12. The van der Waals surface area contributed by atoms with E-state index in [1.807, 2.05) is 0 Å². The van der Waals surface area contributed by atoms with E-state index in [1.54, 1.807) is 4.90 Å². The lowest BCUT2D eigenvalue weighted by molar-refractivity contribution is -0.125. The topological polar surface area (TPSA) is 78.4 Å². The zero-order chi connectivity index (χ0) is 16.9. The van der Waals surface area contributed by atoms with Gasteiger partial charge in [-0.25, -0.2) is 0 Å². The molecule has 1 N–H and O–H groups in total. The van der Waals surface area contributed by atoms with Crippen LogP contribution in [-0.2, 0) is 9.59 Å². The Morgan fingerprint density at radius 3 is 2.88 bits per heavy atom. The molecule has 132 valence electrons. The van der Waals surface area contributed by atoms with E-state index in [9.17, 15) is 9.59 Å². The second kappa shape index (κ2) is 7.92. The lowest BCUT2D eigenvalue weighted by atomic mass is 9.97. The predicted octanol–water partition coefficient (Wildman–Crippen LogP) is 1.80. The summed E-state index contributed by atoms with van der Waals surface area (Å²) in [6.45, 7) is 5.18. The maximum Gasteiger partial charge on any atom is 0.228 e. The van der Waals surface area contributed by atoms with E-state index in [0.29, 0.717) is 18.1 Å². The number of nitrogens with zero attached hydrogens (tertiary/aromatic N) is 4. The largest absolute Gasteiger partial charge is 0.356 e. The quantitative estimate of drug-likeness (QED) is 0.791. The van der Waals surface area contributed by atoms with Crippen molar-refractivity contribution in [1.82, 2.24) is 15.5 Å². The third-order valence-electron chi connectivity index (χ3n) is 4.60. The normalized spacial score (nSPS) is 21.4. The molecular formula is C16H25N5O2S. The summed E-state index contributed by atoms with van der Waals surface area (Å²) < 4.78 is 0. The molecule has 0 bridgehead atoms. The molecule has 0 aliphatic carbocycles. The standard InChI is InChI=1S/C16H25N5O2S/c1-2-3-8-17-14(23)12-6-4-9-20(11-12)15-18-19-16(24-15)21-10-5-7-13(21)22/h12H,2-11H2,1H3,(H,17,23)/t12-/m1/s1. The molecule has 8 heteroatoms. The number of unbranched alkanes of at least 4 members (excludes halogenated alkanes) is 1. The van der Waals surface area contributed by atoms with E-state index in [-0.39, 0.29) is 17.7 Å². The van der Waals surface area contributed by atoms with Gasteiger partial charge in [-0.3, -0.25) is 14.5 Å². The zero-order valence-electron chi connectivity index (χ0n) is 14.2. The molecule has 2 aliphatic heterocycles. The second-order valence-electron chi connectivity index (χ2n) is 6.45. The minimum atomic E-state index is 0.0105. The average Bonchev–Trinajstić information content (AvgIpc) is 3.24. The van der Waals surface area contributed by atoms with Gasteiger partial charge in [-0.2, -0.15) is 0 Å². The number of piperidine rings is 1. The van der Waals surface area contributed by atoms with Crippen LogP contribution in [0.5, 0.6) is 0 Å². The number of nitrogens with one attached hydrogen (secondary N) is 1. The van der Waals surface area contributed by atoms with Gasteiger partial charge >= 0.3 is 0 Å². The smallest absolute Gasteiger partial charge is 0.228 e. The van der Waals surface area contributed by atoms with Crippen molar-refractivity contribution in [2.75, 3.05) is 36.0 Å². The molecule has 0 radical (unpaired) electrons. The lowest BCUT2D eigenvalue weighted by Gasteiger charge is -2.31. The Kier molecular flexibility index (Phi) is 5.65. The predicted molar refractivity (Wildman–Crippen MR) is 94.4 cm³/mol. The van der Waals surface area contributed by atoms with Crippen molar-refractivity contribution in [3.8, 4) is 0 Å². The van der Waals surface area contributed by atoms with E-state index >= 15 is 0 Å². The summed E-state index contributed by atoms with van der Waals surface area (Å²) >= 11 is 1.45. The van der Waals surface area contributed by atoms with Crippen LogP contribution >= 0.6 is 11.3 Å². The Bertz CT molecular complexity index is 591. The summed E-state index contributed by atoms with van der Waals surface area (Å²) in [5.74, 6) is 0.286. The molecule has 3 rings (SSSR count). The molecular weight excluding hydrogens is 326 g/mol. The van der Waals surface area contributed by atoms with Crippen molar-refractivity contribution in [3.63, 3.8) is 0 Å². The first-order valence-electron chi connectivity index (χ1n) is 8.85. The number of hydrogen-bond acceptors (Lipinski definition) is 6. The van der Waals surface area contributed by atoms with Crippen LogP contribution in [0.25, 0.3) is 0 Å². The highest BCUT2D eigenvalue weighted by molar-refractivity contribution is 7.19. The summed E-state index contributed by atoms with van der Waals surface area (Å²) in [5.41, 5.74) is 0. The first-order chi connectivity index (χ1) is 11.7. The number of carbonyl (C=O) groups is 2. The van der Waals surface area contributed by atoms with Gasteiger partial charge in [0.05, 0.1) is 5.92 Å². The third-order valence-corrected chi connectivity index (χ3v) is 5.61. The average molecular weight is 351 g/mol. The second-order valence-corrected chi connectivity index (χ2v) is 7.38. The Labute approximate surface area is 146 Å². The Morgan fingerprint density at radius 1 is 1.29 bits per heavy atom. The number of hydrogen-bond donors (Lipinski definition) is 1. The Balaban J connectivity index is 1.59. The Morgan fingerprint density at radius 2 is 2.12 bits per heavy atom. The van der Waals surface area contributed by atoms with Crippen LogP contribution in [-0.4, -0.2) is 48.2 Å². The van der Waals surface area contributed by atoms with Gasteiger partial charge in [0.15, 0.2) is 0 Å². The maximum atomic E-state index is 12.3. The van der Waals surface area contributed by atoms with Crippen LogP contribution < -0.4 is 15.1 Å². The molecule has 1 atom stereocenters. The van der Waals surface area contributed by atoms with E-state index in [2.05, 4.69) is 27.3 Å². The summed E-state index contributed by atoms with van der Waals surface area (Å²) in [6, 6.07) is 0. The van der Waals surface area contributed by atoms with Gasteiger partial charge in [0.1, 0.15) is 0 Å². The van der Waals surface area contributed by atoms with Gasteiger partial charge in [0.25, 0.3) is 0 Å². The van der Waals surface area contributed by atoms with Gasteiger partial charge in [0, 0.05) is 32.6 Å². The fraction of sp³-hybridized carbons (Fsp3) is 0.750. The van der Waals surface area contributed by atoms with Gasteiger partial charge in [-0.1, -0.05) is 24.7 Å². The van der Waals surface area contributed by atoms with Crippen LogP contribution in [0.3, 0.4) is 0 Å². The number of amides is 2. The molecule has 1 aromatic rings. The van der Waals surface area contributed by atoms with Crippen molar-refractivity contribution < 1.29 is 9.59 Å². The SMILES string of the molecule is CCCCNC(=O)[C@@H]1CCCN(c2nnc(N3CCCC3=O)s2)C1. The highest BCUT2D eigenvalue weighted by Crippen LogP contribution is 2.32. The molecule has 0 spiro atoms. The molecule has 2 amide bonds. The number of anilines is 2. The molecule has 1 aromatic heterocycles. The van der Waals surface area contributed by atoms with E-state index < -0.39 is 0 Å². The molecule has 2 fully saturated rings. The molecule has 0 aromatic carbocycles. The molecule has 3 heterocycles. The first-order valence-corrected chi connectivity index (χ1v) is 9.67. The van der Waals surface area contributed by atoms with E-state index in [4.69, 9.17) is 0 Å². The molecule has 2 aliphatic rings. The molecule has 0 unspecified atom stereocenters. The number of aromatic nitrogens is 2. The number of carbonyl (C=O) groups excluding carboxylic acids is 2. The van der Waals surface area contributed by atoms with Crippen LogP contribution in [0.15, 0.2) is 0 Å². The minimum absolute atomic E-state index is 0.0105. The Hall–Kier alpha value is -1.70. The fourth-order valence-electron chi connectivity index (χ4n) is 3.19. The maximum absolute atomic E-state index is 12.3. The zero-order valence-corrected chi connectivity index (χ0v) is 15.0. The van der Waals surface area contributed by atoms with Gasteiger partial charge < -0.3 is 10.2 Å². The van der Waals surface area contributed by atoms with Crippen LogP contribution in [0.4, 0.5) is 10.3 Å². The summed E-state index contributed by atoms with van der Waals surface area (Å²) in [7, 11) is 0. The molecule has 2 saturated heterocycles. The van der Waals surface area contributed by atoms with Crippen LogP contribution in [0.1, 0.15) is 45.4 Å². The van der Waals surface area contributed by atoms with Crippen LogP contribution in [0, 0.1) is 5.92 Å². The molecule has 0 saturated carbocycles. The van der Waals surface area contributed by atoms with E-state index in [0.717, 1.165) is 56.9 Å². The first kappa shape index (κ1) is 17.1. The van der Waals surface area contributed by atoms with Crippen LogP contribution in [0.2, 0.25) is 0 Å². The highest BCUT2D eigenvalue weighted by Gasteiger charge is 2.29. The van der Waals surface area contributed by atoms with Gasteiger partial charge in [0.2, 0.25) is 22.1 Å². The molecule has 7 nitrogen and oxygen atoms in total.